The Kier molecular flexibility index (Phi) is 2.45. The maximum Gasteiger partial charge on any atom is 0.170 e. The van der Waals surface area contributed by atoms with Crippen molar-refractivity contribution in [1.29, 1.82) is 0 Å². The van der Waals surface area contributed by atoms with Gasteiger partial charge < -0.3 is 4.74 Å². The van der Waals surface area contributed by atoms with Crippen molar-refractivity contribution in [3.05, 3.63) is 36.2 Å². The number of aromatic nitrogens is 3. The van der Waals surface area contributed by atoms with E-state index >= 15 is 0 Å². The van der Waals surface area contributed by atoms with Crippen LogP contribution in [-0.2, 0) is 0 Å². The van der Waals surface area contributed by atoms with Gasteiger partial charge in [-0.05, 0) is 12.1 Å². The van der Waals surface area contributed by atoms with Crippen LogP contribution in [0.3, 0.4) is 0 Å². The van der Waals surface area contributed by atoms with E-state index in [4.69, 9.17) is 4.74 Å². The van der Waals surface area contributed by atoms with Crippen LogP contribution in [0.1, 0.15) is 10.5 Å². The topological polar surface area (TPSA) is 57.0 Å². The third-order valence-corrected chi connectivity index (χ3v) is 1.99. The summed E-state index contributed by atoms with van der Waals surface area (Å²) in [4.78, 5) is 10.7. The van der Waals surface area contributed by atoms with Crippen LogP contribution in [0.15, 0.2) is 30.5 Å². The summed E-state index contributed by atoms with van der Waals surface area (Å²) >= 11 is 0. The zero-order valence-electron chi connectivity index (χ0n) is 8.12. The SMILES string of the molecule is COc1cccc(-n2nncc2C=O)c1. The van der Waals surface area contributed by atoms with Crippen LogP contribution < -0.4 is 4.74 Å². The highest BCUT2D eigenvalue weighted by Crippen LogP contribution is 2.16. The highest BCUT2D eigenvalue weighted by Gasteiger charge is 2.05. The van der Waals surface area contributed by atoms with Crippen LogP contribution in [0.2, 0.25) is 0 Å². The molecular formula is C10H9N3O2. The second kappa shape index (κ2) is 3.91. The smallest absolute Gasteiger partial charge is 0.170 e. The third-order valence-electron chi connectivity index (χ3n) is 1.99. The molecule has 5 heteroatoms. The van der Waals surface area contributed by atoms with E-state index in [1.807, 2.05) is 18.2 Å². The summed E-state index contributed by atoms with van der Waals surface area (Å²) < 4.78 is 6.53. The summed E-state index contributed by atoms with van der Waals surface area (Å²) in [7, 11) is 1.58. The standard InChI is InChI=1S/C10H9N3O2/c1-15-10-4-2-3-8(5-10)13-9(7-14)6-11-12-13/h2-7H,1H3. The van der Waals surface area contributed by atoms with E-state index in [1.54, 1.807) is 13.2 Å². The molecule has 0 aliphatic carbocycles. The average Bonchev–Trinajstić information content (AvgIpc) is 2.77. The Morgan fingerprint density at radius 2 is 2.33 bits per heavy atom. The predicted molar refractivity (Wildman–Crippen MR) is 53.3 cm³/mol. The molecule has 0 unspecified atom stereocenters. The number of benzene rings is 1. The summed E-state index contributed by atoms with van der Waals surface area (Å²) in [5, 5.41) is 7.48. The lowest BCUT2D eigenvalue weighted by atomic mass is 10.3. The first kappa shape index (κ1) is 9.39. The van der Waals surface area contributed by atoms with Gasteiger partial charge in [0.1, 0.15) is 11.4 Å². The molecule has 0 amide bonds. The first-order chi connectivity index (χ1) is 7.35. The number of carbonyl (C=O) groups excluding carboxylic acids is 1. The molecule has 76 valence electrons. The van der Waals surface area contributed by atoms with Crippen LogP contribution >= 0.6 is 0 Å². The van der Waals surface area contributed by atoms with Crippen molar-refractivity contribution in [3.63, 3.8) is 0 Å². The van der Waals surface area contributed by atoms with Gasteiger partial charge in [0.2, 0.25) is 0 Å². The van der Waals surface area contributed by atoms with Gasteiger partial charge in [-0.3, -0.25) is 4.79 Å². The molecule has 0 atom stereocenters. The minimum Gasteiger partial charge on any atom is -0.497 e. The fourth-order valence-electron chi connectivity index (χ4n) is 1.27. The highest BCUT2D eigenvalue weighted by atomic mass is 16.5. The van der Waals surface area contributed by atoms with E-state index in [0.717, 1.165) is 5.69 Å². The van der Waals surface area contributed by atoms with Gasteiger partial charge in [-0.15, -0.1) is 5.10 Å². The van der Waals surface area contributed by atoms with E-state index in [2.05, 4.69) is 10.3 Å². The van der Waals surface area contributed by atoms with Gasteiger partial charge in [-0.25, -0.2) is 4.68 Å². The highest BCUT2D eigenvalue weighted by molar-refractivity contribution is 5.72. The van der Waals surface area contributed by atoms with Crippen molar-refractivity contribution >= 4 is 6.29 Å². The van der Waals surface area contributed by atoms with E-state index in [0.29, 0.717) is 17.7 Å². The molecule has 1 aromatic heterocycles. The maximum absolute atomic E-state index is 10.7. The number of hydrogen-bond donors (Lipinski definition) is 0. The van der Waals surface area contributed by atoms with Gasteiger partial charge in [0.15, 0.2) is 6.29 Å². The molecule has 2 rings (SSSR count). The molecule has 0 aliphatic heterocycles. The lowest BCUT2D eigenvalue weighted by Crippen LogP contribution is -2.01. The van der Waals surface area contributed by atoms with Gasteiger partial charge in [-0.1, -0.05) is 11.3 Å². The molecule has 0 spiro atoms. The second-order valence-electron chi connectivity index (χ2n) is 2.89. The summed E-state index contributed by atoms with van der Waals surface area (Å²) in [5.74, 6) is 0.708. The summed E-state index contributed by atoms with van der Waals surface area (Å²) in [6.07, 6.45) is 2.12. The molecule has 0 aliphatic rings. The fourth-order valence-corrected chi connectivity index (χ4v) is 1.27. The van der Waals surface area contributed by atoms with Crippen LogP contribution in [0.5, 0.6) is 5.75 Å². The first-order valence-corrected chi connectivity index (χ1v) is 4.35. The number of hydrogen-bond acceptors (Lipinski definition) is 4. The van der Waals surface area contributed by atoms with Crippen molar-refractivity contribution in [2.45, 2.75) is 0 Å². The number of ether oxygens (including phenoxy) is 1. The molecule has 0 N–H and O–H groups in total. The Hall–Kier alpha value is -2.17. The fraction of sp³-hybridized carbons (Fsp3) is 0.100. The average molecular weight is 203 g/mol. The number of aldehydes is 1. The Morgan fingerprint density at radius 1 is 1.47 bits per heavy atom. The molecule has 2 aromatic rings. The van der Waals surface area contributed by atoms with Gasteiger partial charge >= 0.3 is 0 Å². The first-order valence-electron chi connectivity index (χ1n) is 4.35. The zero-order valence-corrected chi connectivity index (χ0v) is 8.12. The third kappa shape index (κ3) is 1.71. The molecule has 0 saturated heterocycles. The molecule has 0 radical (unpaired) electrons. The van der Waals surface area contributed by atoms with E-state index in [-0.39, 0.29) is 0 Å². The maximum atomic E-state index is 10.7. The predicted octanol–water partition coefficient (Wildman–Crippen LogP) is 1.09. The Labute approximate surface area is 86.3 Å². The van der Waals surface area contributed by atoms with Crippen LogP contribution in [0.4, 0.5) is 0 Å². The zero-order chi connectivity index (χ0) is 10.7. The van der Waals surface area contributed by atoms with Crippen molar-refractivity contribution in [3.8, 4) is 11.4 Å². The number of methoxy groups -OCH3 is 1. The Morgan fingerprint density at radius 3 is 3.07 bits per heavy atom. The van der Waals surface area contributed by atoms with Crippen molar-refractivity contribution in [2.75, 3.05) is 7.11 Å². The molecule has 0 saturated carbocycles. The Bertz CT molecular complexity index is 479. The normalized spacial score (nSPS) is 9.93. The molecule has 0 fully saturated rings. The largest absolute Gasteiger partial charge is 0.497 e. The molecule has 1 aromatic carbocycles. The Balaban J connectivity index is 2.48. The quantitative estimate of drug-likeness (QED) is 0.700. The number of rotatable bonds is 3. The van der Waals surface area contributed by atoms with E-state index < -0.39 is 0 Å². The van der Waals surface area contributed by atoms with Crippen molar-refractivity contribution in [2.24, 2.45) is 0 Å². The molecule has 1 heterocycles. The molecular weight excluding hydrogens is 194 g/mol. The molecule has 5 nitrogen and oxygen atoms in total. The van der Waals surface area contributed by atoms with Crippen LogP contribution in [0.25, 0.3) is 5.69 Å². The molecule has 0 bridgehead atoms. The van der Waals surface area contributed by atoms with Gasteiger partial charge in [0.25, 0.3) is 0 Å². The lowest BCUT2D eigenvalue weighted by Gasteiger charge is -2.04. The molecule has 15 heavy (non-hydrogen) atoms. The number of carbonyl (C=O) groups is 1. The van der Waals surface area contributed by atoms with Gasteiger partial charge in [0, 0.05) is 6.07 Å². The number of nitrogens with zero attached hydrogens (tertiary/aromatic N) is 3. The summed E-state index contributed by atoms with van der Waals surface area (Å²) in [6, 6.07) is 7.25. The summed E-state index contributed by atoms with van der Waals surface area (Å²) in [6.45, 7) is 0. The van der Waals surface area contributed by atoms with Crippen molar-refractivity contribution < 1.29 is 9.53 Å². The van der Waals surface area contributed by atoms with E-state index in [1.165, 1.54) is 10.9 Å². The van der Waals surface area contributed by atoms with Crippen LogP contribution in [0, 0.1) is 0 Å². The van der Waals surface area contributed by atoms with E-state index in [9.17, 15) is 4.79 Å². The lowest BCUT2D eigenvalue weighted by molar-refractivity contribution is 0.111. The van der Waals surface area contributed by atoms with Gasteiger partial charge in [-0.2, -0.15) is 0 Å². The minimum atomic E-state index is 0.406. The van der Waals surface area contributed by atoms with Crippen LogP contribution in [-0.4, -0.2) is 28.4 Å². The second-order valence-corrected chi connectivity index (χ2v) is 2.89. The summed E-state index contributed by atoms with van der Waals surface area (Å²) in [5.41, 5.74) is 1.15. The van der Waals surface area contributed by atoms with Crippen molar-refractivity contribution in [1.82, 2.24) is 15.0 Å². The monoisotopic (exact) mass is 203 g/mol. The minimum absolute atomic E-state index is 0.406. The van der Waals surface area contributed by atoms with Gasteiger partial charge in [0.05, 0.1) is 19.0 Å².